The number of piperazine rings is 1. The van der Waals surface area contributed by atoms with E-state index in [-0.39, 0.29) is 5.82 Å². The predicted octanol–water partition coefficient (Wildman–Crippen LogP) is 3.01. The minimum absolute atomic E-state index is 0.372. The highest BCUT2D eigenvalue weighted by molar-refractivity contribution is 5.81. The van der Waals surface area contributed by atoms with E-state index < -0.39 is 0 Å². The molecule has 7 heteroatoms. The number of fused-ring (bicyclic) bond motifs is 1. The van der Waals surface area contributed by atoms with E-state index in [0.717, 1.165) is 43.0 Å². The molecule has 6 nitrogen and oxygen atoms in total. The molecular weight excluding hydrogens is 345 g/mol. The number of ether oxygens (including phenoxy) is 1. The molecule has 0 N–H and O–H groups in total. The second-order valence-corrected chi connectivity index (χ2v) is 6.58. The van der Waals surface area contributed by atoms with Crippen LogP contribution in [0.5, 0.6) is 0 Å². The van der Waals surface area contributed by atoms with Crippen LogP contribution in [0.25, 0.3) is 22.4 Å². The van der Waals surface area contributed by atoms with Crippen molar-refractivity contribution in [1.82, 2.24) is 19.4 Å². The van der Waals surface area contributed by atoms with Crippen molar-refractivity contribution in [2.45, 2.75) is 0 Å². The van der Waals surface area contributed by atoms with Gasteiger partial charge in [0.25, 0.3) is 0 Å². The second-order valence-electron chi connectivity index (χ2n) is 6.58. The summed E-state index contributed by atoms with van der Waals surface area (Å²) < 4.78 is 21.7. The Balaban J connectivity index is 1.64. The SMILES string of the molecule is C=C(OC)N1CCN(c2cc(-c3nc4ccccc4n3C)c(F)cn2)CC1. The Kier molecular flexibility index (Phi) is 4.43. The molecule has 0 radical (unpaired) electrons. The summed E-state index contributed by atoms with van der Waals surface area (Å²) in [7, 11) is 3.53. The quantitative estimate of drug-likeness (QED) is 0.664. The van der Waals surface area contributed by atoms with Crippen molar-refractivity contribution >= 4 is 16.9 Å². The van der Waals surface area contributed by atoms with Crippen LogP contribution in [0.4, 0.5) is 10.2 Å². The number of halogens is 1. The summed E-state index contributed by atoms with van der Waals surface area (Å²) in [6.45, 7) is 7.00. The zero-order chi connectivity index (χ0) is 19.0. The highest BCUT2D eigenvalue weighted by Crippen LogP contribution is 2.28. The lowest BCUT2D eigenvalue weighted by atomic mass is 10.2. The van der Waals surface area contributed by atoms with Crippen molar-refractivity contribution in [3.05, 3.63) is 54.8 Å². The van der Waals surface area contributed by atoms with Gasteiger partial charge in [-0.05, 0) is 24.8 Å². The lowest BCUT2D eigenvalue weighted by Crippen LogP contribution is -2.46. The molecule has 1 aromatic carbocycles. The predicted molar refractivity (Wildman–Crippen MR) is 104 cm³/mol. The molecule has 140 valence electrons. The lowest BCUT2D eigenvalue weighted by Gasteiger charge is -2.36. The van der Waals surface area contributed by atoms with E-state index in [9.17, 15) is 4.39 Å². The monoisotopic (exact) mass is 367 g/mol. The number of para-hydroxylation sites is 2. The molecule has 4 rings (SSSR count). The molecule has 0 bridgehead atoms. The highest BCUT2D eigenvalue weighted by Gasteiger charge is 2.21. The minimum Gasteiger partial charge on any atom is -0.483 e. The topological polar surface area (TPSA) is 46.4 Å². The number of hydrogen-bond acceptors (Lipinski definition) is 5. The van der Waals surface area contributed by atoms with Crippen LogP contribution in [0.1, 0.15) is 0 Å². The van der Waals surface area contributed by atoms with Crippen LogP contribution in [-0.2, 0) is 11.8 Å². The first-order valence-corrected chi connectivity index (χ1v) is 8.88. The Morgan fingerprint density at radius 3 is 2.63 bits per heavy atom. The van der Waals surface area contributed by atoms with Gasteiger partial charge in [0.2, 0.25) is 0 Å². The van der Waals surface area contributed by atoms with Crippen molar-refractivity contribution in [2.24, 2.45) is 7.05 Å². The summed E-state index contributed by atoms with van der Waals surface area (Å²) in [5.74, 6) is 1.65. The fourth-order valence-electron chi connectivity index (χ4n) is 3.47. The summed E-state index contributed by atoms with van der Waals surface area (Å²) in [6, 6.07) is 9.59. The van der Waals surface area contributed by atoms with Gasteiger partial charge in [-0.15, -0.1) is 0 Å². The van der Waals surface area contributed by atoms with E-state index in [4.69, 9.17) is 4.74 Å². The maximum atomic E-state index is 14.6. The van der Waals surface area contributed by atoms with Crippen molar-refractivity contribution in [3.8, 4) is 11.4 Å². The molecule has 1 aliphatic rings. The summed E-state index contributed by atoms with van der Waals surface area (Å²) >= 11 is 0. The number of rotatable bonds is 4. The fourth-order valence-corrected chi connectivity index (χ4v) is 3.47. The average molecular weight is 367 g/mol. The van der Waals surface area contributed by atoms with E-state index in [1.54, 1.807) is 13.2 Å². The van der Waals surface area contributed by atoms with Crippen molar-refractivity contribution in [1.29, 1.82) is 0 Å². The molecule has 1 aliphatic heterocycles. The average Bonchev–Trinajstić information content (AvgIpc) is 3.04. The van der Waals surface area contributed by atoms with Crippen molar-refractivity contribution < 1.29 is 9.13 Å². The molecule has 1 fully saturated rings. The molecular formula is C20H22FN5O. The Morgan fingerprint density at radius 2 is 1.93 bits per heavy atom. The maximum Gasteiger partial charge on any atom is 0.181 e. The summed E-state index contributed by atoms with van der Waals surface area (Å²) in [5.41, 5.74) is 2.28. The van der Waals surface area contributed by atoms with E-state index in [1.165, 1.54) is 6.20 Å². The van der Waals surface area contributed by atoms with Gasteiger partial charge in [0.15, 0.2) is 11.7 Å². The number of aromatic nitrogens is 3. The summed E-state index contributed by atoms with van der Waals surface area (Å²) in [4.78, 5) is 13.2. The number of benzene rings is 1. The van der Waals surface area contributed by atoms with Gasteiger partial charge in [-0.2, -0.15) is 0 Å². The molecule has 3 heterocycles. The molecule has 0 atom stereocenters. The molecule has 0 aliphatic carbocycles. The van der Waals surface area contributed by atoms with E-state index >= 15 is 0 Å². The van der Waals surface area contributed by atoms with Crippen LogP contribution in [-0.4, -0.2) is 52.7 Å². The van der Waals surface area contributed by atoms with Gasteiger partial charge in [-0.3, -0.25) is 0 Å². The van der Waals surface area contributed by atoms with Crippen molar-refractivity contribution in [3.63, 3.8) is 0 Å². The van der Waals surface area contributed by atoms with Crippen molar-refractivity contribution in [2.75, 3.05) is 38.2 Å². The Morgan fingerprint density at radius 1 is 1.19 bits per heavy atom. The molecule has 0 unspecified atom stereocenters. The van der Waals surface area contributed by atoms with Gasteiger partial charge in [0.05, 0.1) is 29.9 Å². The first-order valence-electron chi connectivity index (χ1n) is 8.88. The third kappa shape index (κ3) is 3.09. The molecule has 0 spiro atoms. The Labute approximate surface area is 157 Å². The van der Waals surface area contributed by atoms with E-state index in [1.807, 2.05) is 35.9 Å². The van der Waals surface area contributed by atoms with E-state index in [2.05, 4.69) is 26.3 Å². The third-order valence-electron chi connectivity index (χ3n) is 5.06. The number of imidazole rings is 1. The number of nitrogens with zero attached hydrogens (tertiary/aromatic N) is 5. The number of aryl methyl sites for hydroxylation is 1. The first kappa shape index (κ1) is 17.3. The zero-order valence-electron chi connectivity index (χ0n) is 15.5. The van der Waals surface area contributed by atoms with Gasteiger partial charge in [0.1, 0.15) is 11.6 Å². The van der Waals surface area contributed by atoms with Crippen LogP contribution in [0.15, 0.2) is 49.0 Å². The standard InChI is InChI=1S/C20H22FN5O/c1-14(27-3)25-8-10-26(11-9-25)19-12-15(16(21)13-22-19)20-23-17-6-4-5-7-18(17)24(20)2/h4-7,12-13H,1,8-11H2,2-3H3. The van der Waals surface area contributed by atoms with Gasteiger partial charge >= 0.3 is 0 Å². The first-order chi connectivity index (χ1) is 13.1. The van der Waals surface area contributed by atoms with E-state index in [0.29, 0.717) is 17.3 Å². The van der Waals surface area contributed by atoms with Gasteiger partial charge in [-0.25, -0.2) is 14.4 Å². The molecule has 1 saturated heterocycles. The largest absolute Gasteiger partial charge is 0.483 e. The number of anilines is 1. The molecule has 0 saturated carbocycles. The molecule has 0 amide bonds. The van der Waals surface area contributed by atoms with Crippen LogP contribution in [0.2, 0.25) is 0 Å². The number of methoxy groups -OCH3 is 1. The fraction of sp³-hybridized carbons (Fsp3) is 0.300. The zero-order valence-corrected chi connectivity index (χ0v) is 15.5. The normalized spacial score (nSPS) is 14.6. The molecule has 3 aromatic rings. The van der Waals surface area contributed by atoms with Crippen LogP contribution >= 0.6 is 0 Å². The number of pyridine rings is 1. The smallest absolute Gasteiger partial charge is 0.181 e. The highest BCUT2D eigenvalue weighted by atomic mass is 19.1. The Bertz CT molecular complexity index is 991. The summed E-state index contributed by atoms with van der Waals surface area (Å²) in [6.07, 6.45) is 1.28. The number of hydrogen-bond donors (Lipinski definition) is 0. The maximum absolute atomic E-state index is 14.6. The lowest BCUT2D eigenvalue weighted by molar-refractivity contribution is 0.149. The van der Waals surface area contributed by atoms with Crippen LogP contribution in [0.3, 0.4) is 0 Å². The van der Waals surface area contributed by atoms with Gasteiger partial charge < -0.3 is 19.1 Å². The Hall–Kier alpha value is -3.09. The van der Waals surface area contributed by atoms with Crippen LogP contribution in [0, 0.1) is 5.82 Å². The second kappa shape index (κ2) is 6.90. The minimum atomic E-state index is -0.372. The third-order valence-corrected chi connectivity index (χ3v) is 5.06. The van der Waals surface area contributed by atoms with Gasteiger partial charge in [-0.1, -0.05) is 12.1 Å². The molecule has 2 aromatic heterocycles. The summed E-state index contributed by atoms with van der Waals surface area (Å²) in [5, 5.41) is 0. The van der Waals surface area contributed by atoms with Gasteiger partial charge in [0, 0.05) is 33.2 Å². The molecule has 27 heavy (non-hydrogen) atoms. The van der Waals surface area contributed by atoms with Crippen LogP contribution < -0.4 is 4.90 Å².